The molecule has 1 rings (SSSR count). The zero-order valence-electron chi connectivity index (χ0n) is 18.6. The zero-order valence-corrected chi connectivity index (χ0v) is 20.2. The Labute approximate surface area is 192 Å². The summed E-state index contributed by atoms with van der Waals surface area (Å²) in [5.41, 5.74) is 5.41. The Morgan fingerprint density at radius 1 is 1.32 bits per heavy atom. The van der Waals surface area contributed by atoms with E-state index in [-0.39, 0.29) is 30.5 Å². The van der Waals surface area contributed by atoms with E-state index in [1.54, 1.807) is 38.3 Å². The molecule has 1 amide bonds. The van der Waals surface area contributed by atoms with E-state index in [0.717, 1.165) is 0 Å². The van der Waals surface area contributed by atoms with Gasteiger partial charge < -0.3 is 20.5 Å². The van der Waals surface area contributed by atoms with E-state index >= 15 is 0 Å². The number of alkyl halides is 1. The first kappa shape index (κ1) is 27.1. The second kappa shape index (κ2) is 12.8. The molecule has 8 nitrogen and oxygen atoms in total. The van der Waals surface area contributed by atoms with Crippen LogP contribution in [0.2, 0.25) is 0 Å². The maximum atomic E-state index is 12.4. The number of ether oxygens (including phenoxy) is 2. The number of aromatic nitrogens is 1. The molecule has 0 bridgehead atoms. The average molecular weight is 474 g/mol. The number of halogens is 1. The molecule has 0 saturated carbocycles. The van der Waals surface area contributed by atoms with Crippen LogP contribution in [0.5, 0.6) is 0 Å². The summed E-state index contributed by atoms with van der Waals surface area (Å²) in [7, 11) is 0. The highest BCUT2D eigenvalue weighted by Crippen LogP contribution is 2.15. The molecule has 1 aromatic rings. The number of hydrogen-bond donors (Lipinski definition) is 2. The molecule has 0 aliphatic rings. The Morgan fingerprint density at radius 3 is 2.58 bits per heavy atom. The van der Waals surface area contributed by atoms with Crippen molar-refractivity contribution in [1.82, 2.24) is 10.3 Å². The zero-order chi connectivity index (χ0) is 23.6. The van der Waals surface area contributed by atoms with Gasteiger partial charge in [0, 0.05) is 11.3 Å². The molecular formula is C21H32ClN3O5S. The summed E-state index contributed by atoms with van der Waals surface area (Å²) < 4.78 is 10.7. The van der Waals surface area contributed by atoms with Gasteiger partial charge in [0.1, 0.15) is 22.8 Å². The highest BCUT2D eigenvalue weighted by atomic mass is 35.5. The number of carbonyl (C=O) groups is 3. The van der Waals surface area contributed by atoms with Gasteiger partial charge in [0.2, 0.25) is 5.91 Å². The molecule has 31 heavy (non-hydrogen) atoms. The molecule has 0 aliphatic carbocycles. The molecule has 0 unspecified atom stereocenters. The molecule has 1 heterocycles. The van der Waals surface area contributed by atoms with E-state index in [4.69, 9.17) is 26.8 Å². The lowest BCUT2D eigenvalue weighted by Gasteiger charge is -2.19. The van der Waals surface area contributed by atoms with Crippen molar-refractivity contribution in [2.45, 2.75) is 71.8 Å². The molecule has 0 radical (unpaired) electrons. The van der Waals surface area contributed by atoms with Gasteiger partial charge in [-0.1, -0.05) is 19.9 Å². The molecule has 174 valence electrons. The number of nitrogens with zero attached hydrogens (tertiary/aromatic N) is 1. The Kier molecular flexibility index (Phi) is 11.2. The van der Waals surface area contributed by atoms with Gasteiger partial charge in [-0.2, -0.15) is 0 Å². The van der Waals surface area contributed by atoms with Gasteiger partial charge in [-0.05, 0) is 39.2 Å². The fourth-order valence-electron chi connectivity index (χ4n) is 2.21. The number of nitrogens with two attached hydrogens (primary N) is 1. The summed E-state index contributed by atoms with van der Waals surface area (Å²) in [6.45, 7) is 9.10. The minimum Gasteiger partial charge on any atom is -0.456 e. The largest absolute Gasteiger partial charge is 0.456 e. The first-order valence-electron chi connectivity index (χ1n) is 10.1. The van der Waals surface area contributed by atoms with Crippen molar-refractivity contribution in [2.24, 2.45) is 11.7 Å². The molecule has 0 spiro atoms. The Morgan fingerprint density at radius 2 is 2.00 bits per heavy atom. The quantitative estimate of drug-likeness (QED) is 0.287. The van der Waals surface area contributed by atoms with Gasteiger partial charge >= 0.3 is 11.9 Å². The van der Waals surface area contributed by atoms with Crippen molar-refractivity contribution in [3.8, 4) is 0 Å². The fourth-order valence-corrected chi connectivity index (χ4v) is 3.03. The molecule has 2 atom stereocenters. The standard InChI is InChI=1S/C21H32ClN3O5S/c1-13(2)18(23)20(28)29-14(8-6-7-9-22)10-16(26)24-11-17-25-15(12-31-17)19(27)30-21(3,4)5/h6,8,12-14,18H,7,9-11,23H2,1-5H3,(H,24,26)/t14-,18+/m1/s1. The molecule has 1 aromatic heterocycles. The third-order valence-electron chi connectivity index (χ3n) is 3.87. The monoisotopic (exact) mass is 473 g/mol. The van der Waals surface area contributed by atoms with Crippen LogP contribution in [0.25, 0.3) is 0 Å². The topological polar surface area (TPSA) is 121 Å². The first-order valence-corrected chi connectivity index (χ1v) is 11.5. The van der Waals surface area contributed by atoms with E-state index in [0.29, 0.717) is 17.3 Å². The van der Waals surface area contributed by atoms with Crippen LogP contribution < -0.4 is 11.1 Å². The lowest BCUT2D eigenvalue weighted by Crippen LogP contribution is -2.39. The van der Waals surface area contributed by atoms with Gasteiger partial charge in [0.15, 0.2) is 5.69 Å². The predicted octanol–water partition coefficient (Wildman–Crippen LogP) is 3.18. The number of esters is 2. The number of thiazole rings is 1. The van der Waals surface area contributed by atoms with Crippen molar-refractivity contribution in [1.29, 1.82) is 0 Å². The van der Waals surface area contributed by atoms with Crippen LogP contribution in [0, 0.1) is 5.92 Å². The Hall–Kier alpha value is -1.97. The summed E-state index contributed by atoms with van der Waals surface area (Å²) in [4.78, 5) is 40.8. The molecule has 0 aliphatic heterocycles. The summed E-state index contributed by atoms with van der Waals surface area (Å²) in [6, 6.07) is -0.770. The van der Waals surface area contributed by atoms with Crippen LogP contribution in [0.1, 0.15) is 63.0 Å². The Balaban J connectivity index is 2.65. The fraction of sp³-hybridized carbons (Fsp3) is 0.619. The number of rotatable bonds is 11. The van der Waals surface area contributed by atoms with Gasteiger partial charge in [0.25, 0.3) is 0 Å². The smallest absolute Gasteiger partial charge is 0.358 e. The number of nitrogens with one attached hydrogen (secondary N) is 1. The second-order valence-electron chi connectivity index (χ2n) is 8.26. The maximum absolute atomic E-state index is 12.4. The van der Waals surface area contributed by atoms with E-state index in [9.17, 15) is 14.4 Å². The van der Waals surface area contributed by atoms with E-state index < -0.39 is 29.7 Å². The van der Waals surface area contributed by atoms with Crippen molar-refractivity contribution in [3.63, 3.8) is 0 Å². The van der Waals surface area contributed by atoms with Crippen LogP contribution in [0.4, 0.5) is 0 Å². The Bertz CT molecular complexity index is 773. The van der Waals surface area contributed by atoms with E-state index in [1.807, 2.05) is 13.8 Å². The SMILES string of the molecule is CC(C)[C@H](N)C(=O)O[C@H](C=CCCCl)CC(=O)NCc1nc(C(=O)OC(C)(C)C)cs1. The predicted molar refractivity (Wildman–Crippen MR) is 121 cm³/mol. The van der Waals surface area contributed by atoms with Gasteiger partial charge in [-0.15, -0.1) is 22.9 Å². The van der Waals surface area contributed by atoms with Crippen molar-refractivity contribution in [3.05, 3.63) is 28.2 Å². The first-order chi connectivity index (χ1) is 14.4. The highest BCUT2D eigenvalue weighted by molar-refractivity contribution is 7.09. The third kappa shape index (κ3) is 10.8. The van der Waals surface area contributed by atoms with Crippen molar-refractivity contribution in [2.75, 3.05) is 5.88 Å². The van der Waals surface area contributed by atoms with Crippen LogP contribution in [0.3, 0.4) is 0 Å². The summed E-state index contributed by atoms with van der Waals surface area (Å²) in [6.07, 6.45) is 3.15. The minimum absolute atomic E-state index is 0.0698. The van der Waals surface area contributed by atoms with Gasteiger partial charge in [0.05, 0.1) is 13.0 Å². The normalized spacial score (nSPS) is 13.8. The number of amides is 1. The number of carbonyl (C=O) groups excluding carboxylic acids is 3. The minimum atomic E-state index is -0.770. The molecule has 0 saturated heterocycles. The summed E-state index contributed by atoms with van der Waals surface area (Å²) >= 11 is 6.91. The molecular weight excluding hydrogens is 442 g/mol. The number of hydrogen-bond acceptors (Lipinski definition) is 8. The lowest BCUT2D eigenvalue weighted by atomic mass is 10.1. The van der Waals surface area contributed by atoms with Gasteiger partial charge in [-0.25, -0.2) is 9.78 Å². The van der Waals surface area contributed by atoms with Crippen LogP contribution >= 0.6 is 22.9 Å². The van der Waals surface area contributed by atoms with Crippen molar-refractivity contribution >= 4 is 40.8 Å². The van der Waals surface area contributed by atoms with Crippen molar-refractivity contribution < 1.29 is 23.9 Å². The molecule has 10 heteroatoms. The molecule has 0 aromatic carbocycles. The third-order valence-corrected chi connectivity index (χ3v) is 4.93. The van der Waals surface area contributed by atoms with Crippen LogP contribution in [0.15, 0.2) is 17.5 Å². The number of allylic oxidation sites excluding steroid dienone is 1. The van der Waals surface area contributed by atoms with Crippen LogP contribution in [-0.2, 0) is 25.6 Å². The second-order valence-corrected chi connectivity index (χ2v) is 9.58. The maximum Gasteiger partial charge on any atom is 0.358 e. The highest BCUT2D eigenvalue weighted by Gasteiger charge is 2.24. The molecule has 0 fully saturated rings. The van der Waals surface area contributed by atoms with Gasteiger partial charge in [-0.3, -0.25) is 9.59 Å². The average Bonchev–Trinajstić information content (AvgIpc) is 3.13. The van der Waals surface area contributed by atoms with E-state index in [2.05, 4.69) is 10.3 Å². The summed E-state index contributed by atoms with van der Waals surface area (Å²) in [5, 5.41) is 4.86. The summed E-state index contributed by atoms with van der Waals surface area (Å²) in [5.74, 6) is -1.08. The van der Waals surface area contributed by atoms with Crippen LogP contribution in [-0.4, -0.2) is 46.5 Å². The lowest BCUT2D eigenvalue weighted by molar-refractivity contribution is -0.150. The molecule has 3 N–H and O–H groups in total. The van der Waals surface area contributed by atoms with E-state index in [1.165, 1.54) is 11.3 Å².